The number of likely N-dealkylation sites (tertiary alicyclic amines) is 1. The standard InChI is InChI=1S/C31H34N4O4/c36-24-30(33-20-16-25(17-21-33)9-8-19-32-27-11-3-1-4-12-27)18-22-34(28-13-5-2-6-14-28)31(37)26-10-7-15-29(23-26)35(38)39/h1-7,10-15,23,25,32H,8-9,16-22H2. The number of amides is 1. The molecular weight excluding hydrogens is 492 g/mol. The summed E-state index contributed by atoms with van der Waals surface area (Å²) in [7, 11) is 0. The summed E-state index contributed by atoms with van der Waals surface area (Å²) >= 11 is 0. The molecule has 0 saturated carbocycles. The average Bonchev–Trinajstić information content (AvgIpc) is 2.99. The third-order valence-electron chi connectivity index (χ3n) is 7.20. The van der Waals surface area contributed by atoms with E-state index in [9.17, 15) is 19.7 Å². The third kappa shape index (κ3) is 7.79. The van der Waals surface area contributed by atoms with Crippen molar-refractivity contribution in [3.8, 4) is 0 Å². The summed E-state index contributed by atoms with van der Waals surface area (Å²) in [6.07, 6.45) is 4.64. The van der Waals surface area contributed by atoms with Gasteiger partial charge in [0.05, 0.1) is 4.92 Å². The van der Waals surface area contributed by atoms with Gasteiger partial charge in [-0.2, -0.15) is 0 Å². The number of nitrogens with one attached hydrogen (secondary N) is 1. The molecule has 39 heavy (non-hydrogen) atoms. The highest BCUT2D eigenvalue weighted by atomic mass is 16.6. The summed E-state index contributed by atoms with van der Waals surface area (Å²) in [6, 6.07) is 25.1. The number of piperidine rings is 1. The topological polar surface area (TPSA) is 95.8 Å². The highest BCUT2D eigenvalue weighted by Crippen LogP contribution is 2.26. The van der Waals surface area contributed by atoms with Gasteiger partial charge in [0.2, 0.25) is 0 Å². The first-order valence-electron chi connectivity index (χ1n) is 13.4. The zero-order valence-corrected chi connectivity index (χ0v) is 22.0. The fourth-order valence-electron chi connectivity index (χ4n) is 5.03. The number of rotatable bonds is 12. The second kappa shape index (κ2) is 13.9. The number of benzene rings is 3. The maximum absolute atomic E-state index is 13.4. The molecule has 8 nitrogen and oxygen atoms in total. The second-order valence-corrected chi connectivity index (χ2v) is 9.76. The van der Waals surface area contributed by atoms with Crippen molar-refractivity contribution < 1.29 is 14.5 Å². The van der Waals surface area contributed by atoms with E-state index in [4.69, 9.17) is 0 Å². The number of hydrogen-bond donors (Lipinski definition) is 1. The molecule has 202 valence electrons. The van der Waals surface area contributed by atoms with E-state index in [-0.39, 0.29) is 23.7 Å². The van der Waals surface area contributed by atoms with Gasteiger partial charge in [-0.1, -0.05) is 42.5 Å². The minimum atomic E-state index is -0.514. The zero-order valence-electron chi connectivity index (χ0n) is 22.0. The van der Waals surface area contributed by atoms with Crippen LogP contribution in [0.2, 0.25) is 0 Å². The summed E-state index contributed by atoms with van der Waals surface area (Å²) in [6.45, 7) is 2.80. The van der Waals surface area contributed by atoms with E-state index in [2.05, 4.69) is 28.3 Å². The molecule has 1 aliphatic rings. The second-order valence-electron chi connectivity index (χ2n) is 9.76. The fraction of sp³-hybridized carbons (Fsp3) is 0.323. The van der Waals surface area contributed by atoms with Gasteiger partial charge < -0.3 is 15.1 Å². The Bertz CT molecular complexity index is 1280. The lowest BCUT2D eigenvalue weighted by atomic mass is 9.92. The quantitative estimate of drug-likeness (QED) is 0.136. The van der Waals surface area contributed by atoms with E-state index >= 15 is 0 Å². The van der Waals surface area contributed by atoms with Crippen LogP contribution in [-0.2, 0) is 4.79 Å². The molecular formula is C31H34N4O4. The van der Waals surface area contributed by atoms with Crippen molar-refractivity contribution in [3.63, 3.8) is 0 Å². The molecule has 0 spiro atoms. The molecule has 1 amide bonds. The molecule has 0 aromatic heterocycles. The number of non-ortho nitro benzene ring substituents is 1. The molecule has 1 saturated heterocycles. The van der Waals surface area contributed by atoms with Gasteiger partial charge in [-0.3, -0.25) is 14.9 Å². The molecule has 0 aliphatic carbocycles. The number of anilines is 2. The number of hydrogen-bond acceptors (Lipinski definition) is 6. The molecule has 1 fully saturated rings. The van der Waals surface area contributed by atoms with E-state index in [0.717, 1.165) is 51.0 Å². The SMILES string of the molecule is O=C=C(CCN(C(=O)c1cccc([N+](=O)[O-])c1)c1ccccc1)N1CCC(CCCNc2ccccc2)CC1. The van der Waals surface area contributed by atoms with Crippen LogP contribution >= 0.6 is 0 Å². The van der Waals surface area contributed by atoms with E-state index < -0.39 is 4.92 Å². The molecule has 0 atom stereocenters. The Kier molecular flexibility index (Phi) is 9.86. The smallest absolute Gasteiger partial charge is 0.270 e. The molecule has 0 radical (unpaired) electrons. The molecule has 3 aromatic carbocycles. The Morgan fingerprint density at radius 2 is 1.69 bits per heavy atom. The maximum Gasteiger partial charge on any atom is 0.270 e. The minimum Gasteiger partial charge on any atom is -0.385 e. The Hall–Kier alpha value is -4.42. The number of nitro benzene ring substituents is 1. The number of para-hydroxylation sites is 2. The van der Waals surface area contributed by atoms with Crippen LogP contribution in [0.5, 0.6) is 0 Å². The van der Waals surface area contributed by atoms with Gasteiger partial charge in [0.25, 0.3) is 11.6 Å². The lowest BCUT2D eigenvalue weighted by Gasteiger charge is -2.34. The molecule has 1 aliphatic heterocycles. The Morgan fingerprint density at radius 1 is 1.00 bits per heavy atom. The lowest BCUT2D eigenvalue weighted by molar-refractivity contribution is -0.384. The molecule has 1 heterocycles. The maximum atomic E-state index is 13.4. The first kappa shape index (κ1) is 27.6. The Balaban J connectivity index is 1.32. The fourth-order valence-corrected chi connectivity index (χ4v) is 5.03. The van der Waals surface area contributed by atoms with Gasteiger partial charge in [0.1, 0.15) is 11.6 Å². The van der Waals surface area contributed by atoms with Crippen LogP contribution in [0.25, 0.3) is 0 Å². The van der Waals surface area contributed by atoms with Crippen molar-refractivity contribution in [3.05, 3.63) is 106 Å². The molecule has 0 bridgehead atoms. The summed E-state index contributed by atoms with van der Waals surface area (Å²) in [5.74, 6) is 2.40. The van der Waals surface area contributed by atoms with Gasteiger partial charge in [-0.05, 0) is 61.9 Å². The van der Waals surface area contributed by atoms with Gasteiger partial charge in [0.15, 0.2) is 0 Å². The van der Waals surface area contributed by atoms with Crippen molar-refractivity contribution in [1.82, 2.24) is 4.90 Å². The largest absolute Gasteiger partial charge is 0.385 e. The Morgan fingerprint density at radius 3 is 2.36 bits per heavy atom. The van der Waals surface area contributed by atoms with Crippen LogP contribution < -0.4 is 10.2 Å². The van der Waals surface area contributed by atoms with Crippen LogP contribution in [0.15, 0.2) is 90.6 Å². The number of carbonyl (C=O) groups excluding carboxylic acids is 2. The molecule has 8 heteroatoms. The van der Waals surface area contributed by atoms with E-state index in [1.165, 1.54) is 18.2 Å². The third-order valence-corrected chi connectivity index (χ3v) is 7.20. The van der Waals surface area contributed by atoms with Crippen molar-refractivity contribution in [2.75, 3.05) is 36.4 Å². The van der Waals surface area contributed by atoms with Crippen molar-refractivity contribution >= 4 is 28.9 Å². The van der Waals surface area contributed by atoms with E-state index in [0.29, 0.717) is 23.7 Å². The Labute approximate surface area is 229 Å². The van der Waals surface area contributed by atoms with Crippen LogP contribution in [0.4, 0.5) is 17.1 Å². The molecule has 1 N–H and O–H groups in total. The number of nitrogens with zero attached hydrogens (tertiary/aromatic N) is 3. The zero-order chi connectivity index (χ0) is 27.5. The first-order chi connectivity index (χ1) is 19.0. The molecule has 0 unspecified atom stereocenters. The summed E-state index contributed by atoms with van der Waals surface area (Å²) < 4.78 is 0. The highest BCUT2D eigenvalue weighted by Gasteiger charge is 2.24. The van der Waals surface area contributed by atoms with Crippen molar-refractivity contribution in [2.45, 2.75) is 32.1 Å². The van der Waals surface area contributed by atoms with E-state index in [1.54, 1.807) is 11.0 Å². The highest BCUT2D eigenvalue weighted by molar-refractivity contribution is 6.06. The predicted octanol–water partition coefficient (Wildman–Crippen LogP) is 5.95. The minimum absolute atomic E-state index is 0.138. The molecule has 3 aromatic rings. The van der Waals surface area contributed by atoms with Gasteiger partial charge in [-0.15, -0.1) is 0 Å². The lowest BCUT2D eigenvalue weighted by Crippen LogP contribution is -2.37. The van der Waals surface area contributed by atoms with Crippen LogP contribution in [0.3, 0.4) is 0 Å². The molecule has 4 rings (SSSR count). The summed E-state index contributed by atoms with van der Waals surface area (Å²) in [5, 5.41) is 14.7. The van der Waals surface area contributed by atoms with Crippen molar-refractivity contribution in [2.24, 2.45) is 5.92 Å². The number of nitro groups is 1. The van der Waals surface area contributed by atoms with Gasteiger partial charge >= 0.3 is 0 Å². The van der Waals surface area contributed by atoms with Crippen LogP contribution in [0, 0.1) is 16.0 Å². The normalized spacial score (nSPS) is 13.4. The van der Waals surface area contributed by atoms with Gasteiger partial charge in [-0.25, -0.2) is 4.79 Å². The monoisotopic (exact) mass is 526 g/mol. The predicted molar refractivity (Wildman–Crippen MR) is 154 cm³/mol. The summed E-state index contributed by atoms with van der Waals surface area (Å²) in [4.78, 5) is 39.8. The van der Waals surface area contributed by atoms with Crippen LogP contribution in [0.1, 0.15) is 42.5 Å². The van der Waals surface area contributed by atoms with E-state index in [1.807, 2.05) is 48.5 Å². The van der Waals surface area contributed by atoms with Gasteiger partial charge in [0, 0.05) is 61.7 Å². The van der Waals surface area contributed by atoms with Crippen molar-refractivity contribution in [1.29, 1.82) is 0 Å². The average molecular weight is 527 g/mol. The first-order valence-corrected chi connectivity index (χ1v) is 13.4. The van der Waals surface area contributed by atoms with Crippen LogP contribution in [-0.4, -0.2) is 47.9 Å². The number of carbonyl (C=O) groups is 1. The summed E-state index contributed by atoms with van der Waals surface area (Å²) in [5.41, 5.74) is 2.46.